The smallest absolute Gasteiger partial charge is 0.408 e. The Balaban J connectivity index is 1.97. The van der Waals surface area contributed by atoms with Gasteiger partial charge in [-0.3, -0.25) is 4.79 Å². The minimum atomic E-state index is -1.20. The molecule has 0 fully saturated rings. The second-order valence-electron chi connectivity index (χ2n) is 6.81. The van der Waals surface area contributed by atoms with Gasteiger partial charge in [-0.05, 0) is 41.7 Å². The van der Waals surface area contributed by atoms with Gasteiger partial charge in [0.25, 0.3) is 0 Å². The molecule has 0 saturated heterocycles. The summed E-state index contributed by atoms with van der Waals surface area (Å²) >= 11 is 1.50. The number of aromatic hydroxyl groups is 1. The Morgan fingerprint density at radius 1 is 0.968 bits per heavy atom. The van der Waals surface area contributed by atoms with Crippen molar-refractivity contribution >= 4 is 29.7 Å². The first-order valence-electron chi connectivity index (χ1n) is 9.66. The Labute approximate surface area is 185 Å². The summed E-state index contributed by atoms with van der Waals surface area (Å²) in [5.41, 5.74) is 1.45. The van der Waals surface area contributed by atoms with Crippen LogP contribution in [0.25, 0.3) is 0 Å². The zero-order valence-corrected chi connectivity index (χ0v) is 17.9. The highest BCUT2D eigenvalue weighted by atomic mass is 32.2. The van der Waals surface area contributed by atoms with Gasteiger partial charge >= 0.3 is 12.1 Å². The normalized spacial score (nSPS) is 12.4. The molecule has 2 aromatic rings. The van der Waals surface area contributed by atoms with E-state index in [0.717, 1.165) is 5.56 Å². The van der Waals surface area contributed by atoms with Crippen LogP contribution in [0, 0.1) is 0 Å². The predicted molar refractivity (Wildman–Crippen MR) is 118 cm³/mol. The molecule has 0 aliphatic heterocycles. The van der Waals surface area contributed by atoms with E-state index in [0.29, 0.717) is 17.7 Å². The highest BCUT2D eigenvalue weighted by molar-refractivity contribution is 7.98. The topological polar surface area (TPSA) is 125 Å². The first-order chi connectivity index (χ1) is 14.9. The largest absolute Gasteiger partial charge is 0.508 e. The Morgan fingerprint density at radius 3 is 2.26 bits per heavy atom. The number of phenolic OH excluding ortho intramolecular Hbond substituents is 1. The molecule has 0 aromatic heterocycles. The molecule has 0 radical (unpaired) electrons. The summed E-state index contributed by atoms with van der Waals surface area (Å²) in [7, 11) is 0. The summed E-state index contributed by atoms with van der Waals surface area (Å²) in [5.74, 6) is -1.14. The molecule has 8 nitrogen and oxygen atoms in total. The lowest BCUT2D eigenvalue weighted by atomic mass is 10.0. The van der Waals surface area contributed by atoms with Gasteiger partial charge in [-0.2, -0.15) is 11.8 Å². The Bertz CT molecular complexity index is 860. The molecule has 0 saturated carbocycles. The molecular weight excluding hydrogens is 420 g/mol. The zero-order valence-electron chi connectivity index (χ0n) is 17.1. The number of rotatable bonds is 11. The SMILES string of the molecule is CSCC[C@H](NC(=O)OCc1ccccc1)C(=O)N[C@@H](Cc1ccc(O)cc1)C(=O)O. The summed E-state index contributed by atoms with van der Waals surface area (Å²) in [6.07, 6.45) is 1.47. The van der Waals surface area contributed by atoms with Crippen LogP contribution in [0.1, 0.15) is 17.5 Å². The van der Waals surface area contributed by atoms with Crippen LogP contribution in [0.2, 0.25) is 0 Å². The van der Waals surface area contributed by atoms with Crippen molar-refractivity contribution in [2.75, 3.05) is 12.0 Å². The van der Waals surface area contributed by atoms with E-state index in [1.807, 2.05) is 36.6 Å². The van der Waals surface area contributed by atoms with Crippen molar-refractivity contribution in [2.45, 2.75) is 31.5 Å². The van der Waals surface area contributed by atoms with E-state index in [1.54, 1.807) is 12.1 Å². The third-order valence-electron chi connectivity index (χ3n) is 4.42. The van der Waals surface area contributed by atoms with Gasteiger partial charge in [0.2, 0.25) is 5.91 Å². The number of aliphatic carboxylic acids is 1. The molecule has 9 heteroatoms. The third kappa shape index (κ3) is 8.59. The van der Waals surface area contributed by atoms with E-state index in [-0.39, 0.29) is 18.8 Å². The van der Waals surface area contributed by atoms with Crippen LogP contribution < -0.4 is 10.6 Å². The molecule has 0 heterocycles. The number of thioether (sulfide) groups is 1. The Morgan fingerprint density at radius 2 is 1.65 bits per heavy atom. The molecule has 0 unspecified atom stereocenters. The fourth-order valence-corrected chi connectivity index (χ4v) is 3.22. The molecule has 2 rings (SSSR count). The number of hydrogen-bond donors (Lipinski definition) is 4. The number of alkyl carbamates (subject to hydrolysis) is 1. The molecule has 0 aliphatic carbocycles. The summed E-state index contributed by atoms with van der Waals surface area (Å²) < 4.78 is 5.17. The molecule has 0 aliphatic rings. The lowest BCUT2D eigenvalue weighted by molar-refractivity contribution is -0.142. The molecule has 2 atom stereocenters. The lowest BCUT2D eigenvalue weighted by Gasteiger charge is -2.21. The van der Waals surface area contributed by atoms with Crippen molar-refractivity contribution < 1.29 is 29.3 Å². The minimum Gasteiger partial charge on any atom is -0.508 e. The number of carboxylic acid groups (broad SMARTS) is 1. The molecule has 4 N–H and O–H groups in total. The van der Waals surface area contributed by atoms with Crippen molar-refractivity contribution in [3.8, 4) is 5.75 Å². The van der Waals surface area contributed by atoms with Gasteiger partial charge in [-0.1, -0.05) is 42.5 Å². The van der Waals surface area contributed by atoms with E-state index < -0.39 is 30.1 Å². The minimum absolute atomic E-state index is 0.0368. The van der Waals surface area contributed by atoms with Crippen LogP contribution in [-0.4, -0.2) is 52.3 Å². The van der Waals surface area contributed by atoms with Gasteiger partial charge in [-0.25, -0.2) is 9.59 Å². The molecule has 0 spiro atoms. The third-order valence-corrected chi connectivity index (χ3v) is 5.07. The molecule has 2 aromatic carbocycles. The van der Waals surface area contributed by atoms with Crippen LogP contribution in [0.5, 0.6) is 5.75 Å². The predicted octanol–water partition coefficient (Wildman–Crippen LogP) is 2.55. The van der Waals surface area contributed by atoms with Gasteiger partial charge in [-0.15, -0.1) is 0 Å². The highest BCUT2D eigenvalue weighted by Crippen LogP contribution is 2.12. The molecular formula is C22H26N2O6S. The van der Waals surface area contributed by atoms with E-state index in [1.165, 1.54) is 23.9 Å². The number of nitrogens with one attached hydrogen (secondary N) is 2. The first kappa shape index (κ1) is 24.1. The maximum absolute atomic E-state index is 12.7. The second kappa shape index (κ2) is 12.5. The second-order valence-corrected chi connectivity index (χ2v) is 7.80. The van der Waals surface area contributed by atoms with Gasteiger partial charge in [0.05, 0.1) is 0 Å². The molecule has 31 heavy (non-hydrogen) atoms. The monoisotopic (exact) mass is 446 g/mol. The summed E-state index contributed by atoms with van der Waals surface area (Å²) in [4.78, 5) is 36.5. The van der Waals surface area contributed by atoms with Gasteiger partial charge in [0.1, 0.15) is 24.4 Å². The van der Waals surface area contributed by atoms with Crippen molar-refractivity contribution in [3.05, 3.63) is 65.7 Å². The number of amides is 2. The maximum Gasteiger partial charge on any atom is 0.408 e. The average Bonchev–Trinajstić information content (AvgIpc) is 2.76. The standard InChI is InChI=1S/C22H26N2O6S/c1-31-12-11-18(24-22(29)30-14-16-5-3-2-4-6-16)20(26)23-19(21(27)28)13-15-7-9-17(25)10-8-15/h2-10,18-19,25H,11-14H2,1H3,(H,23,26)(H,24,29)(H,27,28)/t18-,19-/m0/s1. The van der Waals surface area contributed by atoms with E-state index >= 15 is 0 Å². The van der Waals surface area contributed by atoms with Gasteiger partial charge in [0, 0.05) is 6.42 Å². The van der Waals surface area contributed by atoms with Crippen LogP contribution in [0.15, 0.2) is 54.6 Å². The zero-order chi connectivity index (χ0) is 22.6. The van der Waals surface area contributed by atoms with E-state index in [9.17, 15) is 24.6 Å². The number of hydrogen-bond acceptors (Lipinski definition) is 6. The number of ether oxygens (including phenoxy) is 1. The van der Waals surface area contributed by atoms with Crippen LogP contribution in [-0.2, 0) is 27.4 Å². The fraction of sp³-hybridized carbons (Fsp3) is 0.318. The number of carbonyl (C=O) groups excluding carboxylic acids is 2. The quantitative estimate of drug-likeness (QED) is 0.418. The van der Waals surface area contributed by atoms with Crippen molar-refractivity contribution in [3.63, 3.8) is 0 Å². The number of phenols is 1. The number of benzene rings is 2. The van der Waals surface area contributed by atoms with Crippen LogP contribution in [0.4, 0.5) is 4.79 Å². The fourth-order valence-electron chi connectivity index (χ4n) is 2.75. The number of carboxylic acids is 1. The first-order valence-corrected chi connectivity index (χ1v) is 11.1. The summed E-state index contributed by atoms with van der Waals surface area (Å²) in [6, 6.07) is 13.1. The van der Waals surface area contributed by atoms with Crippen LogP contribution >= 0.6 is 11.8 Å². The Kier molecular flexibility index (Phi) is 9.70. The van der Waals surface area contributed by atoms with Crippen molar-refractivity contribution in [2.24, 2.45) is 0 Å². The average molecular weight is 447 g/mol. The lowest BCUT2D eigenvalue weighted by Crippen LogP contribution is -2.52. The molecule has 0 bridgehead atoms. The Hall–Kier alpha value is -3.20. The van der Waals surface area contributed by atoms with Gasteiger partial charge < -0.3 is 25.6 Å². The van der Waals surface area contributed by atoms with E-state index in [4.69, 9.17) is 4.74 Å². The molecule has 2 amide bonds. The highest BCUT2D eigenvalue weighted by Gasteiger charge is 2.27. The molecule has 166 valence electrons. The van der Waals surface area contributed by atoms with Gasteiger partial charge in [0.15, 0.2) is 0 Å². The van der Waals surface area contributed by atoms with Crippen molar-refractivity contribution in [1.82, 2.24) is 10.6 Å². The summed E-state index contributed by atoms with van der Waals surface area (Å²) in [5, 5.41) is 23.9. The summed E-state index contributed by atoms with van der Waals surface area (Å²) in [6.45, 7) is 0.0577. The number of carbonyl (C=O) groups is 3. The van der Waals surface area contributed by atoms with Crippen molar-refractivity contribution in [1.29, 1.82) is 0 Å². The van der Waals surface area contributed by atoms with E-state index in [2.05, 4.69) is 10.6 Å². The van der Waals surface area contributed by atoms with Crippen LogP contribution in [0.3, 0.4) is 0 Å². The maximum atomic E-state index is 12.7.